The first-order valence-electron chi connectivity index (χ1n) is 7.91. The zero-order valence-corrected chi connectivity index (χ0v) is 16.1. The van der Waals surface area contributed by atoms with Crippen LogP contribution < -0.4 is 5.32 Å². The lowest BCUT2D eigenvalue weighted by Gasteiger charge is -2.31. The fourth-order valence-corrected chi connectivity index (χ4v) is 4.66. The van der Waals surface area contributed by atoms with Crippen molar-refractivity contribution >= 4 is 39.1 Å². The number of carbonyl (C=O) groups excluding carboxylic acids is 1. The molecule has 0 bridgehead atoms. The van der Waals surface area contributed by atoms with Crippen molar-refractivity contribution in [3.8, 4) is 0 Å². The van der Waals surface area contributed by atoms with Gasteiger partial charge in [0.2, 0.25) is 15.9 Å². The summed E-state index contributed by atoms with van der Waals surface area (Å²) in [6.07, 6.45) is 1.38. The van der Waals surface area contributed by atoms with E-state index in [0.717, 1.165) is 0 Å². The van der Waals surface area contributed by atoms with Crippen molar-refractivity contribution in [3.05, 3.63) is 33.8 Å². The van der Waals surface area contributed by atoms with E-state index in [1.54, 1.807) is 18.2 Å². The maximum Gasteiger partial charge on any atom is 0.224 e. The van der Waals surface area contributed by atoms with Gasteiger partial charge in [0.25, 0.3) is 0 Å². The first-order valence-corrected chi connectivity index (χ1v) is 10.3. The Morgan fingerprint density at radius 3 is 2.67 bits per heavy atom. The minimum absolute atomic E-state index is 0.0423. The smallest absolute Gasteiger partial charge is 0.224 e. The van der Waals surface area contributed by atoms with Gasteiger partial charge in [-0.15, -0.1) is 0 Å². The second-order valence-corrected chi connectivity index (χ2v) is 9.15. The first-order chi connectivity index (χ1) is 11.2. The Hall–Kier alpha value is -0.820. The highest BCUT2D eigenvalue weighted by Crippen LogP contribution is 2.26. The Kier molecular flexibility index (Phi) is 6.53. The molecule has 1 aromatic rings. The van der Waals surface area contributed by atoms with Crippen LogP contribution in [0.4, 0.5) is 0 Å². The van der Waals surface area contributed by atoms with Gasteiger partial charge >= 0.3 is 0 Å². The average molecular weight is 393 g/mol. The molecule has 1 aliphatic heterocycles. The van der Waals surface area contributed by atoms with Gasteiger partial charge in [0, 0.05) is 19.1 Å². The number of sulfonamides is 1. The molecule has 1 aromatic carbocycles. The van der Waals surface area contributed by atoms with Gasteiger partial charge in [-0.1, -0.05) is 29.3 Å². The minimum atomic E-state index is -3.51. The molecule has 1 saturated heterocycles. The van der Waals surface area contributed by atoms with E-state index in [2.05, 4.69) is 5.32 Å². The van der Waals surface area contributed by atoms with Crippen LogP contribution in [0.3, 0.4) is 0 Å². The van der Waals surface area contributed by atoms with E-state index in [9.17, 15) is 13.2 Å². The molecule has 8 heteroatoms. The van der Waals surface area contributed by atoms with E-state index < -0.39 is 10.0 Å². The second kappa shape index (κ2) is 8.04. The summed E-state index contributed by atoms with van der Waals surface area (Å²) in [4.78, 5) is 12.2. The predicted molar refractivity (Wildman–Crippen MR) is 96.7 cm³/mol. The molecule has 5 nitrogen and oxygen atoms in total. The molecule has 1 unspecified atom stereocenters. The Morgan fingerprint density at radius 1 is 1.33 bits per heavy atom. The van der Waals surface area contributed by atoms with Gasteiger partial charge in [-0.2, -0.15) is 0 Å². The van der Waals surface area contributed by atoms with E-state index in [1.807, 2.05) is 13.8 Å². The second-order valence-electron chi connectivity index (χ2n) is 6.37. The zero-order chi connectivity index (χ0) is 17.9. The highest BCUT2D eigenvalue weighted by Gasteiger charge is 2.32. The minimum Gasteiger partial charge on any atom is -0.354 e. The quantitative estimate of drug-likeness (QED) is 0.836. The summed E-state index contributed by atoms with van der Waals surface area (Å²) >= 11 is 11.8. The number of amides is 1. The lowest BCUT2D eigenvalue weighted by Crippen LogP contribution is -2.46. The number of carbonyl (C=O) groups is 1. The highest BCUT2D eigenvalue weighted by molar-refractivity contribution is 7.88. The molecule has 1 N–H and O–H groups in total. The number of nitrogens with one attached hydrogen (secondary N) is 1. The van der Waals surface area contributed by atoms with Crippen molar-refractivity contribution in [1.82, 2.24) is 9.62 Å². The molecular weight excluding hydrogens is 371 g/mol. The third-order valence-electron chi connectivity index (χ3n) is 3.91. The van der Waals surface area contributed by atoms with Crippen molar-refractivity contribution < 1.29 is 13.2 Å². The number of piperidine rings is 1. The summed E-state index contributed by atoms with van der Waals surface area (Å²) in [5, 5.41) is 3.58. The SMILES string of the molecule is CC(C)NC(=O)C1CCCN(S(=O)(=O)Cc2ccc(Cl)c(Cl)c2)C1. The number of rotatable bonds is 5. The third-order valence-corrected chi connectivity index (χ3v) is 6.47. The Balaban J connectivity index is 2.08. The van der Waals surface area contributed by atoms with Crippen molar-refractivity contribution in [2.45, 2.75) is 38.5 Å². The maximum absolute atomic E-state index is 12.7. The van der Waals surface area contributed by atoms with E-state index in [1.165, 1.54) is 4.31 Å². The number of halogens is 2. The van der Waals surface area contributed by atoms with Crippen molar-refractivity contribution in [2.75, 3.05) is 13.1 Å². The van der Waals surface area contributed by atoms with Crippen LogP contribution in [0.15, 0.2) is 18.2 Å². The maximum atomic E-state index is 12.7. The van der Waals surface area contributed by atoms with Crippen LogP contribution in [0.25, 0.3) is 0 Å². The van der Waals surface area contributed by atoms with Crippen LogP contribution >= 0.6 is 23.2 Å². The molecule has 134 valence electrons. The topological polar surface area (TPSA) is 66.5 Å². The third kappa shape index (κ3) is 5.09. The summed E-state index contributed by atoms with van der Waals surface area (Å²) in [6, 6.07) is 4.84. The summed E-state index contributed by atoms with van der Waals surface area (Å²) in [7, 11) is -3.51. The van der Waals surface area contributed by atoms with Gasteiger partial charge < -0.3 is 5.32 Å². The Labute approximate surface area is 153 Å². The van der Waals surface area contributed by atoms with E-state index in [0.29, 0.717) is 35.0 Å². The van der Waals surface area contributed by atoms with Crippen molar-refractivity contribution in [2.24, 2.45) is 5.92 Å². The van der Waals surface area contributed by atoms with Crippen molar-refractivity contribution in [3.63, 3.8) is 0 Å². The van der Waals surface area contributed by atoms with Crippen LogP contribution in [0.2, 0.25) is 10.0 Å². The van der Waals surface area contributed by atoms with Gasteiger partial charge in [0.1, 0.15) is 0 Å². The first kappa shape index (κ1) is 19.5. The van der Waals surface area contributed by atoms with Gasteiger partial charge in [0.15, 0.2) is 0 Å². The monoisotopic (exact) mass is 392 g/mol. The average Bonchev–Trinajstić information content (AvgIpc) is 2.50. The number of benzene rings is 1. The molecule has 0 saturated carbocycles. The molecule has 1 aliphatic rings. The zero-order valence-electron chi connectivity index (χ0n) is 13.8. The number of nitrogens with zero attached hydrogens (tertiary/aromatic N) is 1. The van der Waals surface area contributed by atoms with Crippen LogP contribution in [0.5, 0.6) is 0 Å². The summed E-state index contributed by atoms with van der Waals surface area (Å²) in [5.41, 5.74) is 0.582. The molecule has 1 amide bonds. The van der Waals surface area contributed by atoms with E-state index in [4.69, 9.17) is 23.2 Å². The molecule has 0 radical (unpaired) electrons. The van der Waals surface area contributed by atoms with Crippen LogP contribution in [-0.2, 0) is 20.6 Å². The molecular formula is C16H22Cl2N2O3S. The van der Waals surface area contributed by atoms with E-state index in [-0.39, 0.29) is 30.2 Å². The van der Waals surface area contributed by atoms with Gasteiger partial charge in [-0.3, -0.25) is 4.79 Å². The van der Waals surface area contributed by atoms with E-state index >= 15 is 0 Å². The van der Waals surface area contributed by atoms with Crippen LogP contribution in [-0.4, -0.2) is 37.8 Å². The Morgan fingerprint density at radius 2 is 2.04 bits per heavy atom. The van der Waals surface area contributed by atoms with Crippen LogP contribution in [0, 0.1) is 5.92 Å². The lowest BCUT2D eigenvalue weighted by atomic mass is 9.98. The molecule has 2 rings (SSSR count). The van der Waals surface area contributed by atoms with Crippen LogP contribution in [0.1, 0.15) is 32.3 Å². The molecule has 0 aliphatic carbocycles. The molecule has 1 atom stereocenters. The summed E-state index contributed by atoms with van der Waals surface area (Å²) < 4.78 is 26.7. The van der Waals surface area contributed by atoms with Gasteiger partial charge in [0.05, 0.1) is 21.7 Å². The standard InChI is InChI=1S/C16H22Cl2N2O3S/c1-11(2)19-16(21)13-4-3-7-20(9-13)24(22,23)10-12-5-6-14(17)15(18)8-12/h5-6,8,11,13H,3-4,7,9-10H2,1-2H3,(H,19,21). The fourth-order valence-electron chi connectivity index (χ4n) is 2.74. The molecule has 1 heterocycles. The predicted octanol–water partition coefficient (Wildman–Crippen LogP) is 3.06. The summed E-state index contributed by atoms with van der Waals surface area (Å²) in [5.74, 6) is -0.535. The van der Waals surface area contributed by atoms with Gasteiger partial charge in [-0.05, 0) is 44.4 Å². The number of hydrogen-bond donors (Lipinski definition) is 1. The fraction of sp³-hybridized carbons (Fsp3) is 0.562. The normalized spacial score (nSPS) is 19.5. The summed E-state index contributed by atoms with van der Waals surface area (Å²) in [6.45, 7) is 4.44. The van der Waals surface area contributed by atoms with Gasteiger partial charge in [-0.25, -0.2) is 12.7 Å². The van der Waals surface area contributed by atoms with Crippen molar-refractivity contribution in [1.29, 1.82) is 0 Å². The molecule has 24 heavy (non-hydrogen) atoms. The molecule has 0 aromatic heterocycles. The largest absolute Gasteiger partial charge is 0.354 e. The highest BCUT2D eigenvalue weighted by atomic mass is 35.5. The lowest BCUT2D eigenvalue weighted by molar-refractivity contribution is -0.126. The molecule has 1 fully saturated rings. The number of hydrogen-bond acceptors (Lipinski definition) is 3. The molecule has 0 spiro atoms. The Bertz CT molecular complexity index is 707.